The van der Waals surface area contributed by atoms with Gasteiger partial charge in [0.15, 0.2) is 5.82 Å². The maximum atomic E-state index is 4.26. The maximum absolute atomic E-state index is 4.26. The van der Waals surface area contributed by atoms with E-state index in [0.717, 1.165) is 18.9 Å². The molecule has 1 saturated heterocycles. The smallest absolute Gasteiger partial charge is 0.165 e. The zero-order valence-corrected chi connectivity index (χ0v) is 13.4. The van der Waals surface area contributed by atoms with Crippen LogP contribution in [-0.4, -0.2) is 31.7 Å². The van der Waals surface area contributed by atoms with Crippen molar-refractivity contribution in [2.24, 2.45) is 0 Å². The van der Waals surface area contributed by atoms with Gasteiger partial charge in [-0.3, -0.25) is 4.90 Å². The van der Waals surface area contributed by atoms with Gasteiger partial charge in [-0.2, -0.15) is 0 Å². The fraction of sp³-hybridized carbons (Fsp3) is 0.588. The predicted octanol–water partition coefficient (Wildman–Crippen LogP) is 2.96. The third kappa shape index (κ3) is 2.54. The zero-order chi connectivity index (χ0) is 15.1. The van der Waals surface area contributed by atoms with Crippen molar-refractivity contribution in [2.45, 2.75) is 58.2 Å². The summed E-state index contributed by atoms with van der Waals surface area (Å²) >= 11 is 0. The number of benzene rings is 1. The number of likely N-dealkylation sites (tertiary alicyclic amines) is 1. The van der Waals surface area contributed by atoms with Gasteiger partial charge < -0.3 is 0 Å². The molecule has 1 aromatic heterocycles. The van der Waals surface area contributed by atoms with Crippen molar-refractivity contribution in [3.63, 3.8) is 0 Å². The SMILES string of the molecule is Cc1ccc(C2CCCN2Cc2nnnn2C2CC2)cc1C. The number of aromatic nitrogens is 4. The van der Waals surface area contributed by atoms with Crippen LogP contribution in [0.1, 0.15) is 60.3 Å². The molecular formula is C17H23N5. The Hall–Kier alpha value is -1.75. The largest absolute Gasteiger partial charge is 0.289 e. The van der Waals surface area contributed by atoms with Crippen LogP contribution in [0, 0.1) is 13.8 Å². The molecule has 0 N–H and O–H groups in total. The Balaban J connectivity index is 1.55. The number of aryl methyl sites for hydroxylation is 2. The summed E-state index contributed by atoms with van der Waals surface area (Å²) in [7, 11) is 0. The summed E-state index contributed by atoms with van der Waals surface area (Å²) in [6, 6.07) is 7.93. The average Bonchev–Trinajstić information content (AvgIpc) is 3.07. The van der Waals surface area contributed by atoms with Crippen LogP contribution in [0.5, 0.6) is 0 Å². The molecule has 2 aromatic rings. The second-order valence-electron chi connectivity index (χ2n) is 6.74. The Morgan fingerprint density at radius 2 is 2.00 bits per heavy atom. The minimum atomic E-state index is 0.503. The summed E-state index contributed by atoms with van der Waals surface area (Å²) in [5.41, 5.74) is 4.18. The molecule has 0 amide bonds. The highest BCUT2D eigenvalue weighted by atomic mass is 15.6. The molecule has 116 valence electrons. The van der Waals surface area contributed by atoms with Gasteiger partial charge in [0.25, 0.3) is 0 Å². The van der Waals surface area contributed by atoms with Crippen LogP contribution in [-0.2, 0) is 6.54 Å². The van der Waals surface area contributed by atoms with E-state index in [1.165, 1.54) is 42.4 Å². The average molecular weight is 297 g/mol. The fourth-order valence-electron chi connectivity index (χ4n) is 3.47. The molecule has 1 atom stereocenters. The van der Waals surface area contributed by atoms with Crippen molar-refractivity contribution < 1.29 is 0 Å². The highest BCUT2D eigenvalue weighted by Gasteiger charge is 2.31. The van der Waals surface area contributed by atoms with Crippen LogP contribution in [0.25, 0.3) is 0 Å². The van der Waals surface area contributed by atoms with Gasteiger partial charge in [-0.1, -0.05) is 18.2 Å². The molecule has 0 spiro atoms. The zero-order valence-electron chi connectivity index (χ0n) is 13.4. The van der Waals surface area contributed by atoms with E-state index >= 15 is 0 Å². The van der Waals surface area contributed by atoms with Gasteiger partial charge in [-0.05, 0) is 73.2 Å². The first-order valence-corrected chi connectivity index (χ1v) is 8.30. The van der Waals surface area contributed by atoms with Crippen LogP contribution in [0.2, 0.25) is 0 Å². The number of tetrazole rings is 1. The van der Waals surface area contributed by atoms with E-state index in [4.69, 9.17) is 0 Å². The van der Waals surface area contributed by atoms with Crippen molar-refractivity contribution in [1.29, 1.82) is 0 Å². The number of nitrogens with zero attached hydrogens (tertiary/aromatic N) is 5. The third-order valence-electron chi connectivity index (χ3n) is 5.08. The van der Waals surface area contributed by atoms with Crippen molar-refractivity contribution in [3.8, 4) is 0 Å². The lowest BCUT2D eigenvalue weighted by atomic mass is 9.99. The Kier molecular flexibility index (Phi) is 3.45. The molecule has 0 bridgehead atoms. The lowest BCUT2D eigenvalue weighted by Gasteiger charge is -2.24. The first-order valence-electron chi connectivity index (χ1n) is 8.30. The van der Waals surface area contributed by atoms with Gasteiger partial charge in [0.1, 0.15) is 0 Å². The van der Waals surface area contributed by atoms with Gasteiger partial charge in [-0.25, -0.2) is 4.68 Å². The second kappa shape index (κ2) is 5.47. The summed E-state index contributed by atoms with van der Waals surface area (Å²) < 4.78 is 2.04. The van der Waals surface area contributed by atoms with Crippen molar-refractivity contribution >= 4 is 0 Å². The van der Waals surface area contributed by atoms with E-state index in [1.807, 2.05) is 4.68 Å². The molecule has 1 aliphatic heterocycles. The van der Waals surface area contributed by atoms with Crippen LogP contribution in [0.15, 0.2) is 18.2 Å². The highest BCUT2D eigenvalue weighted by Crippen LogP contribution is 2.37. The van der Waals surface area contributed by atoms with Crippen molar-refractivity contribution in [3.05, 3.63) is 40.7 Å². The van der Waals surface area contributed by atoms with Crippen molar-refractivity contribution in [1.82, 2.24) is 25.1 Å². The van der Waals surface area contributed by atoms with Crippen molar-refractivity contribution in [2.75, 3.05) is 6.54 Å². The molecule has 1 aliphatic carbocycles. The van der Waals surface area contributed by atoms with Gasteiger partial charge in [0, 0.05) is 6.04 Å². The van der Waals surface area contributed by atoms with E-state index in [9.17, 15) is 0 Å². The van der Waals surface area contributed by atoms with Crippen LogP contribution in [0.4, 0.5) is 0 Å². The first kappa shape index (κ1) is 13.9. The van der Waals surface area contributed by atoms with Crippen LogP contribution >= 0.6 is 0 Å². The number of hydrogen-bond acceptors (Lipinski definition) is 4. The third-order valence-corrected chi connectivity index (χ3v) is 5.08. The summed E-state index contributed by atoms with van der Waals surface area (Å²) in [6.07, 6.45) is 4.92. The lowest BCUT2D eigenvalue weighted by molar-refractivity contribution is 0.237. The van der Waals surface area contributed by atoms with E-state index in [0.29, 0.717) is 12.1 Å². The Labute approximate surface area is 131 Å². The Morgan fingerprint density at radius 3 is 2.77 bits per heavy atom. The van der Waals surface area contributed by atoms with Gasteiger partial charge >= 0.3 is 0 Å². The molecule has 2 aliphatic rings. The Bertz CT molecular complexity index is 673. The molecule has 5 heteroatoms. The first-order chi connectivity index (χ1) is 10.7. The van der Waals surface area contributed by atoms with E-state index in [2.05, 4.69) is 52.5 Å². The molecule has 2 heterocycles. The van der Waals surface area contributed by atoms with Crippen LogP contribution in [0.3, 0.4) is 0 Å². The molecule has 1 unspecified atom stereocenters. The lowest BCUT2D eigenvalue weighted by Crippen LogP contribution is -2.25. The molecule has 0 radical (unpaired) electrons. The molecule has 1 saturated carbocycles. The fourth-order valence-corrected chi connectivity index (χ4v) is 3.47. The molecule has 2 fully saturated rings. The summed E-state index contributed by atoms with van der Waals surface area (Å²) in [4.78, 5) is 2.54. The predicted molar refractivity (Wildman–Crippen MR) is 84.4 cm³/mol. The number of hydrogen-bond donors (Lipinski definition) is 0. The molecule has 5 nitrogen and oxygen atoms in total. The van der Waals surface area contributed by atoms with Gasteiger partial charge in [-0.15, -0.1) is 5.10 Å². The quantitative estimate of drug-likeness (QED) is 0.870. The highest BCUT2D eigenvalue weighted by molar-refractivity contribution is 5.32. The molecular weight excluding hydrogens is 274 g/mol. The van der Waals surface area contributed by atoms with Gasteiger partial charge in [0.2, 0.25) is 0 Å². The van der Waals surface area contributed by atoms with Gasteiger partial charge in [0.05, 0.1) is 12.6 Å². The van der Waals surface area contributed by atoms with E-state index in [1.54, 1.807) is 0 Å². The molecule has 22 heavy (non-hydrogen) atoms. The normalized spacial score (nSPS) is 22.4. The maximum Gasteiger partial charge on any atom is 0.165 e. The van der Waals surface area contributed by atoms with E-state index < -0.39 is 0 Å². The second-order valence-corrected chi connectivity index (χ2v) is 6.74. The van der Waals surface area contributed by atoms with Crippen LogP contribution < -0.4 is 0 Å². The summed E-state index contributed by atoms with van der Waals surface area (Å²) in [6.45, 7) is 6.37. The number of rotatable bonds is 4. The minimum Gasteiger partial charge on any atom is -0.289 e. The summed E-state index contributed by atoms with van der Waals surface area (Å²) in [5.74, 6) is 1.03. The minimum absolute atomic E-state index is 0.503. The molecule has 4 rings (SSSR count). The Morgan fingerprint density at radius 1 is 1.14 bits per heavy atom. The van der Waals surface area contributed by atoms with E-state index in [-0.39, 0.29) is 0 Å². The molecule has 1 aromatic carbocycles. The summed E-state index contributed by atoms with van der Waals surface area (Å²) in [5, 5.41) is 12.3. The topological polar surface area (TPSA) is 46.8 Å². The monoisotopic (exact) mass is 297 g/mol. The standard InChI is InChI=1S/C17H23N5/c1-12-5-6-14(10-13(12)2)16-4-3-9-21(16)11-17-18-19-20-22(17)15-7-8-15/h5-6,10,15-16H,3-4,7-9,11H2,1-2H3.